The minimum atomic E-state index is -1.87. The molecule has 1 aliphatic rings. The Bertz CT molecular complexity index is 795. The molecule has 0 aromatic rings. The maximum absolute atomic E-state index is 13.5. The molecule has 0 radical (unpaired) electrons. The first-order chi connectivity index (χ1) is 16.4. The van der Waals surface area contributed by atoms with Gasteiger partial charge in [-0.1, -0.05) is 19.8 Å². The minimum Gasteiger partial charge on any atom is -0.479 e. The number of carbonyl (C=O) groups excluding carboxylic acids is 3. The van der Waals surface area contributed by atoms with Crippen molar-refractivity contribution in [3.8, 4) is 0 Å². The smallest absolute Gasteiger partial charge is 0.451 e. The van der Waals surface area contributed by atoms with Crippen LogP contribution in [0, 0.1) is 5.92 Å². The lowest BCUT2D eigenvalue weighted by Crippen LogP contribution is -2.67. The van der Waals surface area contributed by atoms with Gasteiger partial charge in [-0.3, -0.25) is 4.79 Å². The number of likely N-dealkylation sites (tertiary alicyclic amines) is 1. The van der Waals surface area contributed by atoms with E-state index < -0.39 is 59.9 Å². The van der Waals surface area contributed by atoms with Crippen LogP contribution in [0.3, 0.4) is 0 Å². The van der Waals surface area contributed by atoms with E-state index in [2.05, 4.69) is 10.6 Å². The van der Waals surface area contributed by atoms with Gasteiger partial charge < -0.3 is 40.2 Å². The van der Waals surface area contributed by atoms with Crippen molar-refractivity contribution in [3.05, 3.63) is 0 Å². The molecule has 3 amide bonds. The number of ether oxygens (including phenoxy) is 2. The highest BCUT2D eigenvalue weighted by Gasteiger charge is 2.49. The number of carbonyl (C=O) groups is 4. The molecule has 0 spiro atoms. The van der Waals surface area contributed by atoms with Crippen LogP contribution in [-0.2, 0) is 19.1 Å². The molecule has 36 heavy (non-hydrogen) atoms. The average molecular weight is 515 g/mol. The summed E-state index contributed by atoms with van der Waals surface area (Å²) in [6, 6.07) is -0.972. The molecule has 3 atom stereocenters. The van der Waals surface area contributed by atoms with Gasteiger partial charge in [-0.15, -0.1) is 0 Å². The summed E-state index contributed by atoms with van der Waals surface area (Å²) in [7, 11) is -1.60. The molecule has 12 nitrogen and oxygen atoms in total. The Hall–Kier alpha value is -2.54. The van der Waals surface area contributed by atoms with E-state index in [4.69, 9.17) is 9.47 Å². The number of hydrogen-bond donors (Lipinski definition) is 5. The number of nitrogens with zero attached hydrogens (tertiary/aromatic N) is 1. The Morgan fingerprint density at radius 2 is 1.61 bits per heavy atom. The summed E-state index contributed by atoms with van der Waals surface area (Å²) < 4.78 is 10.5. The summed E-state index contributed by atoms with van der Waals surface area (Å²) in [4.78, 5) is 52.2. The first-order valence-electron chi connectivity index (χ1n) is 12.3. The van der Waals surface area contributed by atoms with Gasteiger partial charge in [0, 0.05) is 6.54 Å². The first kappa shape index (κ1) is 31.5. The van der Waals surface area contributed by atoms with Gasteiger partial charge in [-0.25, -0.2) is 14.4 Å². The number of carboxylic acids is 1. The minimum absolute atomic E-state index is 0.0383. The molecule has 0 aromatic heterocycles. The van der Waals surface area contributed by atoms with Gasteiger partial charge in [0.15, 0.2) is 5.54 Å². The summed E-state index contributed by atoms with van der Waals surface area (Å²) in [5.41, 5.74) is -3.52. The van der Waals surface area contributed by atoms with E-state index in [1.54, 1.807) is 41.5 Å². The molecule has 1 heterocycles. The molecule has 1 aliphatic heterocycles. The molecule has 206 valence electrons. The van der Waals surface area contributed by atoms with Crippen molar-refractivity contribution < 1.29 is 43.8 Å². The highest BCUT2D eigenvalue weighted by atomic mass is 16.6. The van der Waals surface area contributed by atoms with Crippen LogP contribution >= 0.6 is 0 Å². The molecule has 0 unspecified atom stereocenters. The summed E-state index contributed by atoms with van der Waals surface area (Å²) in [6.45, 7) is 11.6. The van der Waals surface area contributed by atoms with E-state index >= 15 is 0 Å². The van der Waals surface area contributed by atoms with E-state index in [9.17, 15) is 34.3 Å². The van der Waals surface area contributed by atoms with E-state index in [-0.39, 0.29) is 38.7 Å². The lowest BCUT2D eigenvalue weighted by atomic mass is 9.75. The standard InChI is InChI=1S/C23H42BN3O9/c1-8-9-16(25-19(31)35-21(2,3)4)17(28)27-13-15(10-11-24(33)34)12-23(14-27,18(29)30)26-20(32)36-22(5,6)7/h15-16,33-34H,8-14H2,1-7H3,(H,25,31)(H,26,32)(H,29,30)/t15-,16-,23+/m0/s1. The molecule has 0 aromatic carbocycles. The van der Waals surface area contributed by atoms with Crippen molar-refractivity contribution in [1.29, 1.82) is 0 Å². The third-order valence-electron chi connectivity index (χ3n) is 5.44. The van der Waals surface area contributed by atoms with Gasteiger partial charge in [0.25, 0.3) is 0 Å². The van der Waals surface area contributed by atoms with Crippen LogP contribution in [0.15, 0.2) is 0 Å². The molecule has 0 aliphatic carbocycles. The van der Waals surface area contributed by atoms with Crippen molar-refractivity contribution in [1.82, 2.24) is 15.5 Å². The fourth-order valence-electron chi connectivity index (χ4n) is 4.08. The van der Waals surface area contributed by atoms with Crippen molar-refractivity contribution in [2.24, 2.45) is 5.92 Å². The zero-order valence-electron chi connectivity index (χ0n) is 22.4. The fraction of sp³-hybridized carbons (Fsp3) is 0.826. The number of hydrogen-bond acceptors (Lipinski definition) is 8. The second-order valence-electron chi connectivity index (χ2n) is 11.3. The van der Waals surface area contributed by atoms with E-state index in [0.29, 0.717) is 6.42 Å². The van der Waals surface area contributed by atoms with Crippen LogP contribution in [0.4, 0.5) is 9.59 Å². The van der Waals surface area contributed by atoms with Crippen LogP contribution in [-0.4, -0.2) is 87.1 Å². The van der Waals surface area contributed by atoms with Gasteiger partial charge in [-0.2, -0.15) is 0 Å². The monoisotopic (exact) mass is 515 g/mol. The lowest BCUT2D eigenvalue weighted by Gasteiger charge is -2.45. The van der Waals surface area contributed by atoms with E-state index in [1.165, 1.54) is 4.90 Å². The molecule has 1 saturated heterocycles. The highest BCUT2D eigenvalue weighted by molar-refractivity contribution is 6.40. The number of piperidine rings is 1. The van der Waals surface area contributed by atoms with Crippen molar-refractivity contribution in [2.45, 2.75) is 103 Å². The third kappa shape index (κ3) is 10.6. The Balaban J connectivity index is 3.26. The molecular weight excluding hydrogens is 473 g/mol. The average Bonchev–Trinajstić information content (AvgIpc) is 2.68. The fourth-order valence-corrected chi connectivity index (χ4v) is 4.08. The maximum Gasteiger partial charge on any atom is 0.451 e. The summed E-state index contributed by atoms with van der Waals surface area (Å²) in [5.74, 6) is -2.35. The van der Waals surface area contributed by atoms with E-state index in [0.717, 1.165) is 0 Å². The molecular formula is C23H42BN3O9. The number of rotatable bonds is 9. The molecule has 1 fully saturated rings. The van der Waals surface area contributed by atoms with Crippen molar-refractivity contribution >= 4 is 31.2 Å². The predicted octanol–water partition coefficient (Wildman–Crippen LogP) is 1.74. The number of aliphatic carboxylic acids is 1. The zero-order chi connectivity index (χ0) is 27.9. The second-order valence-corrected chi connectivity index (χ2v) is 11.3. The normalized spacial score (nSPS) is 21.2. The number of nitrogens with one attached hydrogen (secondary N) is 2. The van der Waals surface area contributed by atoms with Crippen LogP contribution in [0.25, 0.3) is 0 Å². The second kappa shape index (κ2) is 12.6. The molecule has 5 N–H and O–H groups in total. The third-order valence-corrected chi connectivity index (χ3v) is 5.44. The number of carboxylic acid groups (broad SMARTS) is 1. The van der Waals surface area contributed by atoms with Crippen LogP contribution in [0.5, 0.6) is 0 Å². The van der Waals surface area contributed by atoms with Gasteiger partial charge in [0.2, 0.25) is 5.91 Å². The van der Waals surface area contributed by atoms with Crippen LogP contribution < -0.4 is 10.6 Å². The predicted molar refractivity (Wildman–Crippen MR) is 132 cm³/mol. The maximum atomic E-state index is 13.5. The summed E-state index contributed by atoms with van der Waals surface area (Å²) in [5, 5.41) is 33.8. The lowest BCUT2D eigenvalue weighted by molar-refractivity contribution is -0.152. The summed E-state index contributed by atoms with van der Waals surface area (Å²) >= 11 is 0. The quantitative estimate of drug-likeness (QED) is 0.287. The van der Waals surface area contributed by atoms with Crippen molar-refractivity contribution in [3.63, 3.8) is 0 Å². The SMILES string of the molecule is CCC[C@H](NC(=O)OC(C)(C)C)C(=O)N1C[C@@H](CCB(O)O)C[C@](NC(=O)OC(C)(C)C)(C(=O)O)C1. The van der Waals surface area contributed by atoms with Gasteiger partial charge in [0.05, 0.1) is 6.54 Å². The van der Waals surface area contributed by atoms with E-state index in [1.807, 2.05) is 6.92 Å². The highest BCUT2D eigenvalue weighted by Crippen LogP contribution is 2.31. The topological polar surface area (TPSA) is 175 Å². The van der Waals surface area contributed by atoms with Gasteiger partial charge >= 0.3 is 25.3 Å². The molecule has 0 bridgehead atoms. The Morgan fingerprint density at radius 3 is 2.08 bits per heavy atom. The van der Waals surface area contributed by atoms with Crippen LogP contribution in [0.1, 0.15) is 74.1 Å². The first-order valence-corrected chi connectivity index (χ1v) is 12.3. The summed E-state index contributed by atoms with van der Waals surface area (Å²) in [6.07, 6.45) is -0.766. The van der Waals surface area contributed by atoms with Gasteiger partial charge in [-0.05, 0) is 66.6 Å². The molecule has 0 saturated carbocycles. The Morgan fingerprint density at radius 1 is 1.06 bits per heavy atom. The Labute approximate surface area is 213 Å². The Kier molecular flexibility index (Phi) is 11.0. The zero-order valence-corrected chi connectivity index (χ0v) is 22.4. The number of alkyl carbamates (subject to hydrolysis) is 2. The molecule has 1 rings (SSSR count). The largest absolute Gasteiger partial charge is 0.479 e. The number of amides is 3. The van der Waals surface area contributed by atoms with Gasteiger partial charge in [0.1, 0.15) is 17.2 Å². The molecule has 13 heteroatoms. The van der Waals surface area contributed by atoms with Crippen LogP contribution in [0.2, 0.25) is 6.32 Å². The van der Waals surface area contributed by atoms with Crippen molar-refractivity contribution in [2.75, 3.05) is 13.1 Å².